The summed E-state index contributed by atoms with van der Waals surface area (Å²) in [7, 11) is 0. The Balaban J connectivity index is 0.000000649. The Morgan fingerprint density at radius 2 is 0.652 bits per heavy atom. The second kappa shape index (κ2) is 29.4. The molecule has 374 valence electrons. The van der Waals surface area contributed by atoms with Gasteiger partial charge in [0.2, 0.25) is 0 Å². The first-order chi connectivity index (χ1) is 32.8. The Morgan fingerprint density at radius 1 is 0.435 bits per heavy atom. The Bertz CT molecular complexity index is 2120. The second-order valence-electron chi connectivity index (χ2n) is 16.6. The molecule has 0 aromatic heterocycles. The van der Waals surface area contributed by atoms with Crippen LogP contribution >= 0.6 is 0 Å². The van der Waals surface area contributed by atoms with E-state index in [9.17, 15) is 44.7 Å². The van der Waals surface area contributed by atoms with E-state index in [0.29, 0.717) is 33.4 Å². The van der Waals surface area contributed by atoms with Gasteiger partial charge in [0.1, 0.15) is 16.7 Å². The summed E-state index contributed by atoms with van der Waals surface area (Å²) >= 11 is 0. The van der Waals surface area contributed by atoms with Gasteiger partial charge in [-0.15, -0.1) is 0 Å². The molecule has 0 aliphatic heterocycles. The molecule has 0 aliphatic carbocycles. The molecule has 3 amide bonds. The number of nitrogens with zero attached hydrogens (tertiary/aromatic N) is 5. The number of nitrogens with one attached hydrogen (secondary N) is 3. The van der Waals surface area contributed by atoms with Gasteiger partial charge in [-0.2, -0.15) is 0 Å². The fourth-order valence-corrected chi connectivity index (χ4v) is 8.10. The van der Waals surface area contributed by atoms with Gasteiger partial charge >= 0.3 is 0 Å². The van der Waals surface area contributed by atoms with Crippen LogP contribution in [0.3, 0.4) is 0 Å². The molecule has 0 fully saturated rings. The molecule has 0 atom stereocenters. The number of unbranched alkanes of at least 4 members (excludes halogenated alkanes) is 4. The summed E-state index contributed by atoms with van der Waals surface area (Å²) in [5.74, 6) is -2.09. The molecular formula is C49H66N8O12. The number of hydrogen-bond acceptors (Lipinski definition) is 12. The van der Waals surface area contributed by atoms with Gasteiger partial charge in [-0.05, 0) is 98.0 Å². The lowest BCUT2D eigenvalue weighted by atomic mass is 9.87. The van der Waals surface area contributed by atoms with Crippen molar-refractivity contribution < 1.29 is 38.7 Å². The molecule has 4 aromatic carbocycles. The van der Waals surface area contributed by atoms with Gasteiger partial charge in [0, 0.05) is 37.8 Å². The smallest absolute Gasteiger partial charge is 0.282 e. The van der Waals surface area contributed by atoms with Crippen LogP contribution in [0.25, 0.3) is 0 Å². The van der Waals surface area contributed by atoms with Crippen LogP contribution in [-0.2, 0) is 19.6 Å². The van der Waals surface area contributed by atoms with Crippen molar-refractivity contribution in [1.82, 2.24) is 16.0 Å². The third-order valence-electron chi connectivity index (χ3n) is 12.0. The molecule has 0 saturated heterocycles. The Labute approximate surface area is 402 Å². The molecule has 20 heteroatoms. The highest BCUT2D eigenvalue weighted by molar-refractivity contribution is 5.99. The van der Waals surface area contributed by atoms with Crippen LogP contribution in [0.1, 0.15) is 144 Å². The van der Waals surface area contributed by atoms with Crippen LogP contribution in [0.15, 0.2) is 72.8 Å². The summed E-state index contributed by atoms with van der Waals surface area (Å²) < 4.78 is 1.42. The minimum absolute atomic E-state index is 0.0843. The lowest BCUT2D eigenvalue weighted by Gasteiger charge is -2.39. The van der Waals surface area contributed by atoms with E-state index < -0.39 is 37.6 Å². The normalized spacial score (nSPS) is 10.7. The first-order valence-corrected chi connectivity index (χ1v) is 23.1. The fraction of sp³-hybridized carbons (Fsp3) is 0.449. The minimum Gasteiger partial charge on any atom is -0.356 e. The van der Waals surface area contributed by atoms with E-state index in [-0.39, 0.29) is 53.4 Å². The van der Waals surface area contributed by atoms with Crippen LogP contribution < -0.4 is 16.0 Å². The number of nitro benzene ring substituents is 3. The molecule has 0 unspecified atom stereocenters. The van der Waals surface area contributed by atoms with Crippen LogP contribution in [-0.4, -0.2) is 68.2 Å². The van der Waals surface area contributed by atoms with Crippen molar-refractivity contribution in [2.75, 3.05) is 26.2 Å². The molecule has 0 saturated carbocycles. The number of nitro groups is 3. The Morgan fingerprint density at radius 3 is 0.855 bits per heavy atom. The highest BCUT2D eigenvalue weighted by Crippen LogP contribution is 2.29. The van der Waals surface area contributed by atoms with E-state index in [1.165, 1.54) is 155 Å². The topological polar surface area (TPSA) is 283 Å². The maximum Gasteiger partial charge on any atom is 0.282 e. The number of quaternary nitrogens is 1. The zero-order valence-corrected chi connectivity index (χ0v) is 40.7. The van der Waals surface area contributed by atoms with Gasteiger partial charge in [0.25, 0.3) is 34.8 Å². The van der Waals surface area contributed by atoms with Gasteiger partial charge in [-0.1, -0.05) is 89.8 Å². The van der Waals surface area contributed by atoms with Crippen molar-refractivity contribution in [3.05, 3.63) is 169 Å². The van der Waals surface area contributed by atoms with Gasteiger partial charge in [0.15, 0.2) is 0 Å². The van der Waals surface area contributed by atoms with Crippen LogP contribution in [0.5, 0.6) is 0 Å². The summed E-state index contributed by atoms with van der Waals surface area (Å²) in [5.41, 5.74) is 2.22. The maximum absolute atomic E-state index is 13.1. The quantitative estimate of drug-likeness (QED) is 0.0336. The standard InChI is InChI=1S/C33H30N6O9.C16H36N.NO3/c1-19-25(16-34-31(40)22-10-4-7-13-28(22)37(43)44)20(2)27(18-36-33(42)24-12-6-9-15-30(24)39(47)48)21(3)26(19)17-35-32(41)23-11-5-8-14-29(23)38(45)46;1-5-9-13-17(14-10-6-2,15-11-7-3)16-12-8-4;2-1(3)4/h4-15H,16-18H2,1-3H3,(H,34,40)(H,35,41)(H,36,42);5-16H2,1-4H3;/q;+1;-1. The first-order valence-electron chi connectivity index (χ1n) is 23.1. The van der Waals surface area contributed by atoms with E-state index >= 15 is 0 Å². The van der Waals surface area contributed by atoms with E-state index in [1.807, 2.05) is 0 Å². The molecule has 0 aliphatic rings. The second-order valence-corrected chi connectivity index (χ2v) is 16.6. The molecule has 69 heavy (non-hydrogen) atoms. The van der Waals surface area contributed by atoms with Gasteiger partial charge in [-0.3, -0.25) is 44.7 Å². The number of para-hydroxylation sites is 3. The lowest BCUT2D eigenvalue weighted by Crippen LogP contribution is -2.50. The predicted molar refractivity (Wildman–Crippen MR) is 263 cm³/mol. The summed E-state index contributed by atoms with van der Waals surface area (Å²) in [6, 6.07) is 16.5. The summed E-state index contributed by atoms with van der Waals surface area (Å²) in [4.78, 5) is 80.0. The summed E-state index contributed by atoms with van der Waals surface area (Å²) in [6.07, 6.45) is 11.1. The number of rotatable bonds is 24. The molecule has 0 radical (unpaired) electrons. The molecule has 0 spiro atoms. The third-order valence-corrected chi connectivity index (χ3v) is 12.0. The maximum atomic E-state index is 13.1. The van der Waals surface area contributed by atoms with Crippen LogP contribution in [0, 0.1) is 66.4 Å². The van der Waals surface area contributed by atoms with Gasteiger partial charge in [0.05, 0.1) is 46.0 Å². The fourth-order valence-electron chi connectivity index (χ4n) is 8.10. The number of hydrogen-bond donors (Lipinski definition) is 3. The highest BCUT2D eigenvalue weighted by Gasteiger charge is 2.26. The molecule has 3 N–H and O–H groups in total. The molecule has 4 aromatic rings. The first kappa shape index (κ1) is 57.8. The Kier molecular flexibility index (Phi) is 24.6. The molecule has 4 rings (SSSR count). The highest BCUT2D eigenvalue weighted by atomic mass is 16.9. The van der Waals surface area contributed by atoms with Gasteiger partial charge in [-0.25, -0.2) is 0 Å². The van der Waals surface area contributed by atoms with E-state index in [4.69, 9.17) is 15.3 Å². The monoisotopic (exact) mass is 958 g/mol. The number of carbonyl (C=O) groups is 3. The average Bonchev–Trinajstić information content (AvgIpc) is 3.33. The van der Waals surface area contributed by atoms with Crippen LogP contribution in [0.2, 0.25) is 0 Å². The van der Waals surface area contributed by atoms with Crippen molar-refractivity contribution in [2.45, 2.75) is 119 Å². The lowest BCUT2D eigenvalue weighted by molar-refractivity contribution is -0.929. The van der Waals surface area contributed by atoms with E-state index in [0.717, 1.165) is 0 Å². The predicted octanol–water partition coefficient (Wildman–Crippen LogP) is 9.89. The van der Waals surface area contributed by atoms with Crippen molar-refractivity contribution in [2.24, 2.45) is 0 Å². The average molecular weight is 959 g/mol. The Hall–Kier alpha value is -7.35. The summed E-state index contributed by atoms with van der Waals surface area (Å²) in [6.45, 7) is 20.0. The van der Waals surface area contributed by atoms with Crippen molar-refractivity contribution in [1.29, 1.82) is 0 Å². The number of carbonyl (C=O) groups excluding carboxylic acids is 3. The zero-order valence-electron chi connectivity index (χ0n) is 40.7. The third kappa shape index (κ3) is 17.7. The SMILES string of the molecule is CCCC[N+](CCCC)(CCCC)CCCC.Cc1c(CNC(=O)c2ccccc2[N+](=O)[O-])c(C)c(CNC(=O)c2ccccc2[N+](=O)[O-])c(C)c1CNC(=O)c1ccccc1[N+](=O)[O-].O=[N+]([O-])[O-]. The van der Waals surface area contributed by atoms with Crippen molar-refractivity contribution in [3.8, 4) is 0 Å². The zero-order chi connectivity index (χ0) is 51.7. The van der Waals surface area contributed by atoms with E-state index in [2.05, 4.69) is 43.6 Å². The van der Waals surface area contributed by atoms with Crippen molar-refractivity contribution >= 4 is 34.8 Å². The molecular weight excluding hydrogens is 893 g/mol. The van der Waals surface area contributed by atoms with Crippen molar-refractivity contribution in [3.63, 3.8) is 0 Å². The molecule has 20 nitrogen and oxygen atoms in total. The van der Waals surface area contributed by atoms with Crippen LogP contribution in [0.4, 0.5) is 17.1 Å². The molecule has 0 heterocycles. The molecule has 0 bridgehead atoms. The number of benzene rings is 4. The van der Waals surface area contributed by atoms with Gasteiger partial charge < -0.3 is 35.8 Å². The largest absolute Gasteiger partial charge is 0.356 e. The number of amides is 3. The van der Waals surface area contributed by atoms with E-state index in [1.54, 1.807) is 20.8 Å². The summed E-state index contributed by atoms with van der Waals surface area (Å²) in [5, 5.41) is 57.4. The minimum atomic E-state index is -1.75.